The topological polar surface area (TPSA) is 155 Å². The molecule has 0 aliphatic rings. The molecule has 1 atom stereocenters. The summed E-state index contributed by atoms with van der Waals surface area (Å²) in [5.41, 5.74) is 7.73. The molecule has 0 spiro atoms. The smallest absolute Gasteiger partial charge is 0.368 e. The fourth-order valence-corrected chi connectivity index (χ4v) is 2.18. The number of nitrogens with one attached hydrogen (secondary N) is 2. The maximum Gasteiger partial charge on any atom is 0.368 e. The minimum absolute atomic E-state index is 0.0433. The van der Waals surface area contributed by atoms with Gasteiger partial charge in [0.1, 0.15) is 11.6 Å². The van der Waals surface area contributed by atoms with Crippen LogP contribution in [0.5, 0.6) is 5.75 Å². The first kappa shape index (κ1) is 24.2. The SMILES string of the molecule is CC(=O)[O-].COC(=O)C(NC(=O)Cc1ccc(C(=N)N)cc1)Oc1ccc(C)cc1. The Hall–Kier alpha value is -3.88. The molecule has 0 saturated carbocycles. The predicted molar refractivity (Wildman–Crippen MR) is 108 cm³/mol. The lowest BCUT2D eigenvalue weighted by molar-refractivity contribution is -0.302. The molecule has 0 radical (unpaired) electrons. The molecule has 0 fully saturated rings. The summed E-state index contributed by atoms with van der Waals surface area (Å²) in [6.45, 7) is 2.90. The largest absolute Gasteiger partial charge is 0.550 e. The highest BCUT2D eigenvalue weighted by molar-refractivity contribution is 5.95. The van der Waals surface area contributed by atoms with E-state index in [1.165, 1.54) is 7.11 Å². The number of rotatable bonds is 7. The molecule has 4 N–H and O–H groups in total. The maximum atomic E-state index is 12.2. The van der Waals surface area contributed by atoms with Crippen molar-refractivity contribution in [2.24, 2.45) is 5.73 Å². The van der Waals surface area contributed by atoms with E-state index in [1.54, 1.807) is 36.4 Å². The van der Waals surface area contributed by atoms with Gasteiger partial charge in [-0.05, 0) is 31.5 Å². The standard InChI is InChI=1S/C19H21N3O4.C2H4O2/c1-12-3-9-15(10-4-12)26-18(19(24)25-2)22-16(23)11-13-5-7-14(8-6-13)17(20)21;1-2(3)4/h3-10,18H,11H2,1-2H3,(H3,20,21)(H,22,23);1H3,(H,3,4)/p-1. The van der Waals surface area contributed by atoms with Gasteiger partial charge < -0.3 is 30.4 Å². The second-order valence-corrected chi connectivity index (χ2v) is 6.18. The summed E-state index contributed by atoms with van der Waals surface area (Å²) in [7, 11) is 1.22. The molecule has 0 aliphatic carbocycles. The van der Waals surface area contributed by atoms with Gasteiger partial charge in [-0.2, -0.15) is 0 Å². The Morgan fingerprint density at radius 1 is 1.10 bits per heavy atom. The zero-order valence-electron chi connectivity index (χ0n) is 16.9. The summed E-state index contributed by atoms with van der Waals surface area (Å²) in [5, 5.41) is 18.8. The molecule has 2 aromatic carbocycles. The third kappa shape index (κ3) is 8.87. The third-order valence-electron chi connectivity index (χ3n) is 3.61. The Labute approximate surface area is 174 Å². The number of amides is 1. The predicted octanol–water partition coefficient (Wildman–Crippen LogP) is 0.272. The van der Waals surface area contributed by atoms with Crippen molar-refractivity contribution in [3.05, 3.63) is 65.2 Å². The van der Waals surface area contributed by atoms with Gasteiger partial charge in [0.05, 0.1) is 13.5 Å². The molecule has 1 amide bonds. The van der Waals surface area contributed by atoms with Crippen LogP contribution in [0, 0.1) is 12.3 Å². The van der Waals surface area contributed by atoms with E-state index in [-0.39, 0.29) is 12.3 Å². The van der Waals surface area contributed by atoms with Crippen LogP contribution < -0.4 is 20.9 Å². The van der Waals surface area contributed by atoms with Crippen molar-refractivity contribution >= 4 is 23.7 Å². The molecule has 2 aromatic rings. The molecule has 9 heteroatoms. The van der Waals surface area contributed by atoms with Crippen LogP contribution in [-0.4, -0.2) is 37.0 Å². The van der Waals surface area contributed by atoms with Crippen LogP contribution in [0.25, 0.3) is 0 Å². The van der Waals surface area contributed by atoms with Crippen LogP contribution in [0.3, 0.4) is 0 Å². The Balaban J connectivity index is 0.00000103. The van der Waals surface area contributed by atoms with Gasteiger partial charge in [0.15, 0.2) is 0 Å². The molecule has 2 rings (SSSR count). The molecule has 0 aromatic heterocycles. The quantitative estimate of drug-likeness (QED) is 0.254. The Morgan fingerprint density at radius 2 is 1.63 bits per heavy atom. The minimum Gasteiger partial charge on any atom is -0.550 e. The van der Waals surface area contributed by atoms with Crippen LogP contribution in [0.15, 0.2) is 48.5 Å². The van der Waals surface area contributed by atoms with Gasteiger partial charge in [-0.1, -0.05) is 42.0 Å². The number of ether oxygens (including phenoxy) is 2. The first-order valence-electron chi connectivity index (χ1n) is 8.83. The number of nitrogen functional groups attached to an aromatic ring is 1. The van der Waals surface area contributed by atoms with Crippen LogP contribution in [0.4, 0.5) is 0 Å². The zero-order chi connectivity index (χ0) is 22.7. The Kier molecular flexibility index (Phi) is 9.54. The molecule has 9 nitrogen and oxygen atoms in total. The maximum absolute atomic E-state index is 12.2. The number of esters is 1. The molecule has 0 heterocycles. The van der Waals surface area contributed by atoms with E-state index in [9.17, 15) is 9.59 Å². The fraction of sp³-hybridized carbons (Fsp3) is 0.238. The summed E-state index contributed by atoms with van der Waals surface area (Å²) in [4.78, 5) is 33.0. The van der Waals surface area contributed by atoms with Crippen LogP contribution in [0.2, 0.25) is 0 Å². The second kappa shape index (κ2) is 11.8. The molecular weight excluding hydrogens is 390 g/mol. The first-order chi connectivity index (χ1) is 14.1. The average Bonchev–Trinajstić information content (AvgIpc) is 2.68. The molecular formula is C21H24N3O6-. The van der Waals surface area contributed by atoms with Gasteiger partial charge in [-0.25, -0.2) is 4.79 Å². The van der Waals surface area contributed by atoms with E-state index >= 15 is 0 Å². The van der Waals surface area contributed by atoms with Crippen molar-refractivity contribution in [3.8, 4) is 5.75 Å². The van der Waals surface area contributed by atoms with Crippen molar-refractivity contribution in [2.45, 2.75) is 26.5 Å². The van der Waals surface area contributed by atoms with Crippen molar-refractivity contribution < 1.29 is 29.0 Å². The summed E-state index contributed by atoms with van der Waals surface area (Å²) in [6.07, 6.45) is -1.20. The number of benzene rings is 2. The van der Waals surface area contributed by atoms with E-state index in [0.29, 0.717) is 16.9 Å². The number of hydrogen-bond donors (Lipinski definition) is 3. The summed E-state index contributed by atoms with van der Waals surface area (Å²) in [6, 6.07) is 13.8. The first-order valence-corrected chi connectivity index (χ1v) is 8.83. The normalized spacial score (nSPS) is 10.6. The van der Waals surface area contributed by atoms with E-state index < -0.39 is 24.1 Å². The number of hydrogen-bond acceptors (Lipinski definition) is 7. The number of carbonyl (C=O) groups is 3. The number of aryl methyl sites for hydroxylation is 1. The number of nitrogens with two attached hydrogens (primary N) is 1. The zero-order valence-corrected chi connectivity index (χ0v) is 16.9. The molecule has 1 unspecified atom stereocenters. The van der Waals surface area contributed by atoms with Crippen molar-refractivity contribution in [2.75, 3.05) is 7.11 Å². The van der Waals surface area contributed by atoms with Crippen LogP contribution in [0.1, 0.15) is 23.6 Å². The third-order valence-corrected chi connectivity index (χ3v) is 3.61. The van der Waals surface area contributed by atoms with Crippen LogP contribution in [-0.2, 0) is 25.5 Å². The fourth-order valence-electron chi connectivity index (χ4n) is 2.18. The second-order valence-electron chi connectivity index (χ2n) is 6.18. The minimum atomic E-state index is -1.24. The average molecular weight is 414 g/mol. The van der Waals surface area contributed by atoms with Crippen molar-refractivity contribution in [3.63, 3.8) is 0 Å². The number of methoxy groups -OCH3 is 1. The number of aliphatic carboxylic acids is 1. The highest BCUT2D eigenvalue weighted by Gasteiger charge is 2.23. The summed E-state index contributed by atoms with van der Waals surface area (Å²) in [5.74, 6) is -1.79. The van der Waals surface area contributed by atoms with Crippen LogP contribution >= 0.6 is 0 Å². The van der Waals surface area contributed by atoms with Crippen molar-refractivity contribution in [1.82, 2.24) is 5.32 Å². The Bertz CT molecular complexity index is 875. The lowest BCUT2D eigenvalue weighted by Crippen LogP contribution is -2.46. The van der Waals surface area contributed by atoms with E-state index in [0.717, 1.165) is 12.5 Å². The molecule has 0 saturated heterocycles. The number of amidine groups is 1. The van der Waals surface area contributed by atoms with E-state index in [1.807, 2.05) is 19.1 Å². The van der Waals surface area contributed by atoms with Crippen molar-refractivity contribution in [1.29, 1.82) is 5.41 Å². The number of carbonyl (C=O) groups excluding carboxylic acids is 3. The van der Waals surface area contributed by atoms with E-state index in [4.69, 9.17) is 25.8 Å². The van der Waals surface area contributed by atoms with Gasteiger partial charge >= 0.3 is 5.97 Å². The summed E-state index contributed by atoms with van der Waals surface area (Å²) >= 11 is 0. The highest BCUT2D eigenvalue weighted by atomic mass is 16.6. The van der Waals surface area contributed by atoms with Gasteiger partial charge in [0.2, 0.25) is 5.91 Å². The molecule has 160 valence electrons. The molecule has 0 aliphatic heterocycles. The summed E-state index contributed by atoms with van der Waals surface area (Å²) < 4.78 is 10.2. The lowest BCUT2D eigenvalue weighted by atomic mass is 10.1. The monoisotopic (exact) mass is 414 g/mol. The van der Waals surface area contributed by atoms with E-state index in [2.05, 4.69) is 10.1 Å². The number of carboxylic acid groups (broad SMARTS) is 1. The Morgan fingerprint density at radius 3 is 2.10 bits per heavy atom. The van der Waals surface area contributed by atoms with Gasteiger partial charge in [-0.15, -0.1) is 0 Å². The molecule has 30 heavy (non-hydrogen) atoms. The number of carboxylic acids is 1. The molecule has 0 bridgehead atoms. The highest BCUT2D eigenvalue weighted by Crippen LogP contribution is 2.13. The van der Waals surface area contributed by atoms with Gasteiger partial charge in [-0.3, -0.25) is 10.2 Å². The lowest BCUT2D eigenvalue weighted by Gasteiger charge is -2.18. The van der Waals surface area contributed by atoms with Gasteiger partial charge in [0.25, 0.3) is 6.23 Å². The van der Waals surface area contributed by atoms with Gasteiger partial charge in [0, 0.05) is 11.5 Å².